The molecular weight excluding hydrogens is 337 g/mol. The van der Waals surface area contributed by atoms with Crippen molar-refractivity contribution in [2.45, 2.75) is 11.8 Å². The molecule has 0 bridgehead atoms. The number of benzene rings is 1. The molecule has 2 rings (SSSR count). The highest BCUT2D eigenvalue weighted by molar-refractivity contribution is 9.10. The first kappa shape index (κ1) is 13.9. The van der Waals surface area contributed by atoms with Gasteiger partial charge in [0.2, 0.25) is 0 Å². The predicted molar refractivity (Wildman–Crippen MR) is 71.7 cm³/mol. The van der Waals surface area contributed by atoms with Gasteiger partial charge in [-0.2, -0.15) is 0 Å². The van der Waals surface area contributed by atoms with Crippen LogP contribution < -0.4 is 4.72 Å². The molecule has 1 heterocycles. The van der Waals surface area contributed by atoms with Gasteiger partial charge in [-0.25, -0.2) is 22.8 Å². The summed E-state index contributed by atoms with van der Waals surface area (Å²) >= 11 is 3.10. The van der Waals surface area contributed by atoms with E-state index in [0.717, 1.165) is 12.1 Å². The molecule has 0 aliphatic rings. The number of hydrogen-bond acceptors (Lipinski definition) is 4. The molecule has 1 aromatic carbocycles. The molecule has 0 fully saturated rings. The third-order valence-electron chi connectivity index (χ3n) is 2.29. The number of sulfonamides is 1. The van der Waals surface area contributed by atoms with Gasteiger partial charge in [-0.15, -0.1) is 0 Å². The number of nitrogens with one attached hydrogen (secondary N) is 1. The van der Waals surface area contributed by atoms with Crippen LogP contribution >= 0.6 is 15.9 Å². The summed E-state index contributed by atoms with van der Waals surface area (Å²) in [6.07, 6.45) is 2.65. The Labute approximate surface area is 118 Å². The van der Waals surface area contributed by atoms with Crippen molar-refractivity contribution < 1.29 is 12.8 Å². The van der Waals surface area contributed by atoms with E-state index in [2.05, 4.69) is 30.6 Å². The van der Waals surface area contributed by atoms with Crippen LogP contribution in [0.15, 0.2) is 40.1 Å². The molecule has 0 aliphatic heterocycles. The van der Waals surface area contributed by atoms with Crippen molar-refractivity contribution in [2.24, 2.45) is 0 Å². The molecule has 1 aromatic heterocycles. The van der Waals surface area contributed by atoms with Crippen LogP contribution in [-0.4, -0.2) is 18.4 Å². The van der Waals surface area contributed by atoms with Gasteiger partial charge in [0.05, 0.1) is 17.3 Å². The lowest BCUT2D eigenvalue weighted by Gasteiger charge is -2.09. The first-order chi connectivity index (χ1) is 8.88. The van der Waals surface area contributed by atoms with Crippen LogP contribution in [-0.2, 0) is 10.0 Å². The van der Waals surface area contributed by atoms with Crippen molar-refractivity contribution in [3.8, 4) is 0 Å². The van der Waals surface area contributed by atoms with Crippen molar-refractivity contribution >= 4 is 31.8 Å². The molecule has 19 heavy (non-hydrogen) atoms. The van der Waals surface area contributed by atoms with Crippen LogP contribution in [0.2, 0.25) is 0 Å². The van der Waals surface area contributed by atoms with Crippen LogP contribution in [0.1, 0.15) is 5.56 Å². The van der Waals surface area contributed by atoms with Crippen LogP contribution in [0.25, 0.3) is 0 Å². The van der Waals surface area contributed by atoms with Crippen LogP contribution in [0.3, 0.4) is 0 Å². The quantitative estimate of drug-likeness (QED) is 0.927. The minimum atomic E-state index is -3.81. The molecule has 0 radical (unpaired) electrons. The van der Waals surface area contributed by atoms with Gasteiger partial charge in [0, 0.05) is 0 Å². The van der Waals surface area contributed by atoms with Crippen LogP contribution in [0, 0.1) is 12.7 Å². The zero-order valence-corrected chi connectivity index (χ0v) is 12.2. The number of halogens is 2. The zero-order valence-electron chi connectivity index (χ0n) is 9.76. The van der Waals surface area contributed by atoms with Gasteiger partial charge in [-0.3, -0.25) is 4.72 Å². The lowest BCUT2D eigenvalue weighted by atomic mass is 10.2. The van der Waals surface area contributed by atoms with E-state index in [1.807, 2.05) is 0 Å². The Morgan fingerprint density at radius 2 is 2.00 bits per heavy atom. The van der Waals surface area contributed by atoms with Crippen molar-refractivity contribution in [2.75, 3.05) is 4.72 Å². The molecule has 0 aliphatic carbocycles. The number of aromatic nitrogens is 2. The molecular formula is C11H9BrFN3O2S. The molecule has 2 aromatic rings. The van der Waals surface area contributed by atoms with Crippen LogP contribution in [0.5, 0.6) is 0 Å². The average Bonchev–Trinajstić information content (AvgIpc) is 2.31. The fourth-order valence-corrected chi connectivity index (χ4v) is 2.90. The van der Waals surface area contributed by atoms with Gasteiger partial charge in [0.25, 0.3) is 10.0 Å². The summed E-state index contributed by atoms with van der Waals surface area (Å²) in [7, 11) is -3.81. The Kier molecular flexibility index (Phi) is 3.81. The molecule has 0 saturated carbocycles. The molecule has 8 heteroatoms. The maximum Gasteiger partial charge on any atom is 0.263 e. The van der Waals surface area contributed by atoms with Gasteiger partial charge in [0.1, 0.15) is 10.4 Å². The summed E-state index contributed by atoms with van der Waals surface area (Å²) in [6.45, 7) is 1.52. The highest BCUT2D eigenvalue weighted by Crippen LogP contribution is 2.19. The van der Waals surface area contributed by atoms with Gasteiger partial charge >= 0.3 is 0 Å². The van der Waals surface area contributed by atoms with Crippen molar-refractivity contribution in [1.29, 1.82) is 0 Å². The van der Waals surface area contributed by atoms with E-state index < -0.39 is 15.8 Å². The zero-order chi connectivity index (χ0) is 14.0. The lowest BCUT2D eigenvalue weighted by molar-refractivity contribution is 0.598. The SMILES string of the molecule is Cc1cc(F)ccc1S(=O)(=O)Nc1cnc(Br)cn1. The fourth-order valence-electron chi connectivity index (χ4n) is 1.47. The standard InChI is InChI=1S/C11H9BrFN3O2S/c1-7-4-8(13)2-3-9(7)19(17,18)16-11-6-14-10(12)5-15-11/h2-6H,1H3,(H,15,16). The van der Waals surface area contributed by atoms with Gasteiger partial charge in [-0.05, 0) is 46.6 Å². The smallest absolute Gasteiger partial charge is 0.262 e. The van der Waals surface area contributed by atoms with Crippen LogP contribution in [0.4, 0.5) is 10.2 Å². The fraction of sp³-hybridized carbons (Fsp3) is 0.0909. The Balaban J connectivity index is 2.35. The van der Waals surface area contributed by atoms with E-state index in [1.54, 1.807) is 0 Å². The number of rotatable bonds is 3. The summed E-state index contributed by atoms with van der Waals surface area (Å²) in [6, 6.07) is 3.45. The number of hydrogen-bond donors (Lipinski definition) is 1. The number of anilines is 1. The third kappa shape index (κ3) is 3.27. The Morgan fingerprint density at radius 1 is 1.26 bits per heavy atom. The first-order valence-corrected chi connectivity index (χ1v) is 7.42. The highest BCUT2D eigenvalue weighted by Gasteiger charge is 2.17. The van der Waals surface area contributed by atoms with E-state index in [4.69, 9.17) is 0 Å². The normalized spacial score (nSPS) is 11.3. The first-order valence-electron chi connectivity index (χ1n) is 5.15. The van der Waals surface area contributed by atoms with Gasteiger partial charge in [-0.1, -0.05) is 0 Å². The Hall–Kier alpha value is -1.54. The number of aryl methyl sites for hydroxylation is 1. The predicted octanol–water partition coefficient (Wildman–Crippen LogP) is 2.49. The maximum atomic E-state index is 13.0. The van der Waals surface area contributed by atoms with Gasteiger partial charge < -0.3 is 0 Å². The molecule has 0 saturated heterocycles. The lowest BCUT2D eigenvalue weighted by Crippen LogP contribution is -2.15. The van der Waals surface area contributed by atoms with Crippen molar-refractivity contribution in [3.05, 3.63) is 46.6 Å². The van der Waals surface area contributed by atoms with Crippen molar-refractivity contribution in [3.63, 3.8) is 0 Å². The second-order valence-corrected chi connectivity index (χ2v) is 6.20. The summed E-state index contributed by atoms with van der Waals surface area (Å²) < 4.78 is 39.9. The van der Waals surface area contributed by atoms with E-state index in [9.17, 15) is 12.8 Å². The molecule has 0 amide bonds. The third-order valence-corrected chi connectivity index (χ3v) is 4.21. The molecule has 0 spiro atoms. The monoisotopic (exact) mass is 345 g/mol. The molecule has 1 N–H and O–H groups in total. The minimum absolute atomic E-state index is 0.00128. The molecule has 0 unspecified atom stereocenters. The molecule has 100 valence electrons. The minimum Gasteiger partial charge on any atom is -0.262 e. The topological polar surface area (TPSA) is 72.0 Å². The highest BCUT2D eigenvalue weighted by atomic mass is 79.9. The summed E-state index contributed by atoms with van der Waals surface area (Å²) in [5.74, 6) is -0.396. The van der Waals surface area contributed by atoms with E-state index in [0.29, 0.717) is 10.2 Å². The molecule has 5 nitrogen and oxygen atoms in total. The second-order valence-electron chi connectivity index (χ2n) is 3.74. The van der Waals surface area contributed by atoms with E-state index in [1.165, 1.54) is 25.4 Å². The summed E-state index contributed by atoms with van der Waals surface area (Å²) in [5.41, 5.74) is 0.317. The second kappa shape index (κ2) is 5.22. The Morgan fingerprint density at radius 3 is 2.58 bits per heavy atom. The maximum absolute atomic E-state index is 13.0. The summed E-state index contributed by atoms with van der Waals surface area (Å²) in [5, 5.41) is 0. The average molecular weight is 346 g/mol. The largest absolute Gasteiger partial charge is 0.263 e. The van der Waals surface area contributed by atoms with Crippen molar-refractivity contribution in [1.82, 2.24) is 9.97 Å². The van der Waals surface area contributed by atoms with Gasteiger partial charge in [0.15, 0.2) is 5.82 Å². The number of nitrogens with zero attached hydrogens (tertiary/aromatic N) is 2. The molecule has 0 atom stereocenters. The van der Waals surface area contributed by atoms with E-state index in [-0.39, 0.29) is 10.7 Å². The van der Waals surface area contributed by atoms with E-state index >= 15 is 0 Å². The Bertz CT molecular complexity index is 704. The summed E-state index contributed by atoms with van der Waals surface area (Å²) in [4.78, 5) is 7.72.